The Bertz CT molecular complexity index is 201. The summed E-state index contributed by atoms with van der Waals surface area (Å²) in [4.78, 5) is 7.45. The smallest absolute Gasteiger partial charge is 0.0861 e. The molecular formula is C10H18N2O. The fourth-order valence-corrected chi connectivity index (χ4v) is 1.56. The molecule has 0 spiro atoms. The summed E-state index contributed by atoms with van der Waals surface area (Å²) in [6, 6.07) is 0.304. The molecule has 1 rings (SSSR count). The standard InChI is InChI=1S/C10H18N2O/c1-4-5-13-11-10-6-9(2)7-12(3)8-10/h4,6,10-11H,1,5,7-8H2,2-3H3. The zero-order chi connectivity index (χ0) is 9.68. The third kappa shape index (κ3) is 3.72. The molecule has 1 aliphatic rings. The van der Waals surface area contributed by atoms with Crippen LogP contribution < -0.4 is 5.48 Å². The Balaban J connectivity index is 2.32. The van der Waals surface area contributed by atoms with Crippen molar-refractivity contribution in [3.05, 3.63) is 24.3 Å². The van der Waals surface area contributed by atoms with Gasteiger partial charge in [-0.05, 0) is 14.0 Å². The Morgan fingerprint density at radius 2 is 2.62 bits per heavy atom. The van der Waals surface area contributed by atoms with Crippen LogP contribution in [0.25, 0.3) is 0 Å². The number of hydrogen-bond donors (Lipinski definition) is 1. The monoisotopic (exact) mass is 182 g/mol. The molecule has 0 aromatic rings. The Morgan fingerprint density at radius 1 is 1.85 bits per heavy atom. The molecule has 0 aromatic heterocycles. The predicted octanol–water partition coefficient (Wildman–Crippen LogP) is 0.954. The van der Waals surface area contributed by atoms with Crippen LogP contribution in [0, 0.1) is 0 Å². The van der Waals surface area contributed by atoms with E-state index in [1.165, 1.54) is 5.57 Å². The second-order valence-electron chi connectivity index (χ2n) is 3.53. The molecule has 13 heavy (non-hydrogen) atoms. The van der Waals surface area contributed by atoms with Crippen LogP contribution in [0.5, 0.6) is 0 Å². The molecule has 0 saturated carbocycles. The molecule has 3 nitrogen and oxygen atoms in total. The third-order valence-electron chi connectivity index (χ3n) is 1.95. The van der Waals surface area contributed by atoms with Gasteiger partial charge in [0, 0.05) is 13.1 Å². The van der Waals surface area contributed by atoms with Crippen molar-refractivity contribution < 1.29 is 4.84 Å². The fraction of sp³-hybridized carbons (Fsp3) is 0.600. The van der Waals surface area contributed by atoms with Crippen LogP contribution in [-0.4, -0.2) is 37.7 Å². The first-order valence-corrected chi connectivity index (χ1v) is 4.56. The van der Waals surface area contributed by atoms with Gasteiger partial charge < -0.3 is 4.90 Å². The van der Waals surface area contributed by atoms with Gasteiger partial charge in [-0.15, -0.1) is 6.58 Å². The summed E-state index contributed by atoms with van der Waals surface area (Å²) in [5.74, 6) is 0. The quantitative estimate of drug-likeness (QED) is 0.398. The topological polar surface area (TPSA) is 24.5 Å². The Morgan fingerprint density at radius 3 is 3.23 bits per heavy atom. The lowest BCUT2D eigenvalue weighted by Crippen LogP contribution is -2.42. The molecule has 0 aromatic carbocycles. The Hall–Kier alpha value is -0.640. The molecule has 0 saturated heterocycles. The van der Waals surface area contributed by atoms with E-state index in [-0.39, 0.29) is 0 Å². The van der Waals surface area contributed by atoms with Gasteiger partial charge in [0.05, 0.1) is 12.6 Å². The Kier molecular flexibility index (Phi) is 4.15. The first-order valence-electron chi connectivity index (χ1n) is 4.56. The molecule has 1 heterocycles. The van der Waals surface area contributed by atoms with Gasteiger partial charge in [-0.2, -0.15) is 5.48 Å². The molecule has 1 unspecified atom stereocenters. The molecule has 0 radical (unpaired) electrons. The summed E-state index contributed by atoms with van der Waals surface area (Å²) in [5.41, 5.74) is 4.38. The van der Waals surface area contributed by atoms with Crippen LogP contribution >= 0.6 is 0 Å². The minimum atomic E-state index is 0.304. The van der Waals surface area contributed by atoms with E-state index in [9.17, 15) is 0 Å². The molecule has 74 valence electrons. The molecule has 1 aliphatic heterocycles. The molecule has 0 amide bonds. The van der Waals surface area contributed by atoms with Gasteiger partial charge >= 0.3 is 0 Å². The fourth-order valence-electron chi connectivity index (χ4n) is 1.56. The number of nitrogens with zero attached hydrogens (tertiary/aromatic N) is 1. The van der Waals surface area contributed by atoms with E-state index in [4.69, 9.17) is 4.84 Å². The van der Waals surface area contributed by atoms with E-state index in [1.54, 1.807) is 6.08 Å². The average molecular weight is 182 g/mol. The van der Waals surface area contributed by atoms with E-state index in [2.05, 4.69) is 37.0 Å². The highest BCUT2D eigenvalue weighted by molar-refractivity contribution is 5.10. The second kappa shape index (κ2) is 5.17. The van der Waals surface area contributed by atoms with Crippen molar-refractivity contribution >= 4 is 0 Å². The number of nitrogens with one attached hydrogen (secondary N) is 1. The van der Waals surface area contributed by atoms with Gasteiger partial charge in [0.15, 0.2) is 0 Å². The average Bonchev–Trinajstić information content (AvgIpc) is 2.03. The first-order chi connectivity index (χ1) is 6.22. The third-order valence-corrected chi connectivity index (χ3v) is 1.95. The Labute approximate surface area is 80.0 Å². The van der Waals surface area contributed by atoms with E-state index in [1.807, 2.05) is 0 Å². The lowest BCUT2D eigenvalue weighted by Gasteiger charge is -2.28. The first kappa shape index (κ1) is 10.4. The van der Waals surface area contributed by atoms with Gasteiger partial charge in [0.1, 0.15) is 0 Å². The number of rotatable bonds is 4. The highest BCUT2D eigenvalue weighted by Gasteiger charge is 2.14. The normalized spacial score (nSPS) is 24.2. The molecule has 3 heteroatoms. The summed E-state index contributed by atoms with van der Waals surface area (Å²) in [5, 5.41) is 0. The lowest BCUT2D eigenvalue weighted by atomic mass is 10.1. The molecule has 0 bridgehead atoms. The minimum absolute atomic E-state index is 0.304. The summed E-state index contributed by atoms with van der Waals surface area (Å²) < 4.78 is 0. The highest BCUT2D eigenvalue weighted by Crippen LogP contribution is 2.06. The van der Waals surface area contributed by atoms with Crippen molar-refractivity contribution in [2.75, 3.05) is 26.7 Å². The summed E-state index contributed by atoms with van der Waals surface area (Å²) in [7, 11) is 2.11. The summed E-state index contributed by atoms with van der Waals surface area (Å²) in [6.45, 7) is 8.32. The van der Waals surface area contributed by atoms with Crippen molar-refractivity contribution in [3.8, 4) is 0 Å². The SMILES string of the molecule is C=CCONC1C=C(C)CN(C)C1. The largest absolute Gasteiger partial charge is 0.300 e. The number of likely N-dealkylation sites (N-methyl/N-ethyl adjacent to an activating group) is 1. The molecule has 0 aliphatic carbocycles. The lowest BCUT2D eigenvalue weighted by molar-refractivity contribution is 0.0368. The maximum Gasteiger partial charge on any atom is 0.0861 e. The predicted molar refractivity (Wildman–Crippen MR) is 54.3 cm³/mol. The van der Waals surface area contributed by atoms with Crippen LogP contribution in [0.15, 0.2) is 24.3 Å². The van der Waals surface area contributed by atoms with Crippen molar-refractivity contribution in [2.45, 2.75) is 13.0 Å². The van der Waals surface area contributed by atoms with Crippen molar-refractivity contribution in [1.82, 2.24) is 10.4 Å². The van der Waals surface area contributed by atoms with Gasteiger partial charge in [0.25, 0.3) is 0 Å². The van der Waals surface area contributed by atoms with Crippen molar-refractivity contribution in [3.63, 3.8) is 0 Å². The van der Waals surface area contributed by atoms with Crippen molar-refractivity contribution in [1.29, 1.82) is 0 Å². The number of hydrogen-bond acceptors (Lipinski definition) is 3. The van der Waals surface area contributed by atoms with E-state index < -0.39 is 0 Å². The van der Waals surface area contributed by atoms with Crippen LogP contribution in [0.1, 0.15) is 6.92 Å². The molecule has 1 N–H and O–H groups in total. The molecule has 1 atom stereocenters. The zero-order valence-corrected chi connectivity index (χ0v) is 8.42. The zero-order valence-electron chi connectivity index (χ0n) is 8.42. The minimum Gasteiger partial charge on any atom is -0.300 e. The van der Waals surface area contributed by atoms with Gasteiger partial charge in [-0.25, -0.2) is 0 Å². The summed E-state index contributed by atoms with van der Waals surface area (Å²) >= 11 is 0. The van der Waals surface area contributed by atoms with Crippen LogP contribution in [-0.2, 0) is 4.84 Å². The maximum absolute atomic E-state index is 5.18. The van der Waals surface area contributed by atoms with E-state index in [0.29, 0.717) is 12.6 Å². The van der Waals surface area contributed by atoms with E-state index >= 15 is 0 Å². The van der Waals surface area contributed by atoms with Crippen LogP contribution in [0.4, 0.5) is 0 Å². The number of hydroxylamine groups is 1. The van der Waals surface area contributed by atoms with Gasteiger partial charge in [0.2, 0.25) is 0 Å². The van der Waals surface area contributed by atoms with E-state index in [0.717, 1.165) is 13.1 Å². The van der Waals surface area contributed by atoms with Crippen LogP contribution in [0.3, 0.4) is 0 Å². The second-order valence-corrected chi connectivity index (χ2v) is 3.53. The van der Waals surface area contributed by atoms with Crippen molar-refractivity contribution in [2.24, 2.45) is 0 Å². The molecular weight excluding hydrogens is 164 g/mol. The summed E-state index contributed by atoms with van der Waals surface area (Å²) in [6.07, 6.45) is 3.94. The van der Waals surface area contributed by atoms with Crippen LogP contribution in [0.2, 0.25) is 0 Å². The maximum atomic E-state index is 5.18. The van der Waals surface area contributed by atoms with Gasteiger partial charge in [-0.3, -0.25) is 4.84 Å². The highest BCUT2D eigenvalue weighted by atomic mass is 16.6. The molecule has 0 fully saturated rings. The van der Waals surface area contributed by atoms with Gasteiger partial charge in [-0.1, -0.05) is 17.7 Å².